The smallest absolute Gasteiger partial charge is 0.333 e. The maximum absolute atomic E-state index is 11.2. The third kappa shape index (κ3) is 8.96. The van der Waals surface area contributed by atoms with Gasteiger partial charge in [-0.05, 0) is 31.6 Å². The van der Waals surface area contributed by atoms with Crippen LogP contribution in [0.15, 0.2) is 12.2 Å². The van der Waals surface area contributed by atoms with Crippen molar-refractivity contribution in [1.29, 1.82) is 0 Å². The van der Waals surface area contributed by atoms with Gasteiger partial charge in [-0.15, -0.1) is 0 Å². The van der Waals surface area contributed by atoms with Crippen LogP contribution in [0, 0.1) is 11.8 Å². The van der Waals surface area contributed by atoms with Crippen LogP contribution in [0.2, 0.25) is 0 Å². The number of esters is 1. The van der Waals surface area contributed by atoms with Crippen molar-refractivity contribution in [2.45, 2.75) is 59.8 Å². The number of hydrogen-bond acceptors (Lipinski definition) is 2. The lowest BCUT2D eigenvalue weighted by atomic mass is 9.92. The van der Waals surface area contributed by atoms with Crippen molar-refractivity contribution < 1.29 is 9.53 Å². The summed E-state index contributed by atoms with van der Waals surface area (Å²) in [6.07, 6.45) is 5.94. The van der Waals surface area contributed by atoms with E-state index in [1.165, 1.54) is 19.3 Å². The fourth-order valence-electron chi connectivity index (χ4n) is 1.78. The molecule has 0 radical (unpaired) electrons. The van der Waals surface area contributed by atoms with Crippen molar-refractivity contribution in [3.05, 3.63) is 12.2 Å². The van der Waals surface area contributed by atoms with E-state index in [1.54, 1.807) is 6.92 Å². The minimum absolute atomic E-state index is 0.264. The molecule has 0 aliphatic carbocycles. The number of carbonyl (C=O) groups excluding carboxylic acids is 1. The van der Waals surface area contributed by atoms with Gasteiger partial charge in [0, 0.05) is 5.57 Å². The zero-order valence-electron chi connectivity index (χ0n) is 11.9. The number of carbonyl (C=O) groups is 1. The molecule has 17 heavy (non-hydrogen) atoms. The van der Waals surface area contributed by atoms with E-state index in [9.17, 15) is 4.79 Å². The van der Waals surface area contributed by atoms with Crippen molar-refractivity contribution >= 4 is 5.97 Å². The Morgan fingerprint density at radius 1 is 1.24 bits per heavy atom. The summed E-state index contributed by atoms with van der Waals surface area (Å²) < 4.78 is 5.09. The lowest BCUT2D eigenvalue weighted by Gasteiger charge is -2.15. The van der Waals surface area contributed by atoms with E-state index in [2.05, 4.69) is 27.4 Å². The first-order chi connectivity index (χ1) is 7.97. The van der Waals surface area contributed by atoms with Crippen molar-refractivity contribution in [3.63, 3.8) is 0 Å². The van der Waals surface area contributed by atoms with Gasteiger partial charge in [-0.1, -0.05) is 46.6 Å². The van der Waals surface area contributed by atoms with Gasteiger partial charge in [-0.2, -0.15) is 0 Å². The van der Waals surface area contributed by atoms with Crippen LogP contribution in [0.3, 0.4) is 0 Å². The number of rotatable bonds is 9. The van der Waals surface area contributed by atoms with Gasteiger partial charge in [0.05, 0.1) is 6.61 Å². The van der Waals surface area contributed by atoms with Crippen molar-refractivity contribution in [2.75, 3.05) is 6.61 Å². The summed E-state index contributed by atoms with van der Waals surface area (Å²) in [4.78, 5) is 11.2. The molecule has 0 aromatic heterocycles. The van der Waals surface area contributed by atoms with Gasteiger partial charge < -0.3 is 4.74 Å². The summed E-state index contributed by atoms with van der Waals surface area (Å²) >= 11 is 0. The van der Waals surface area contributed by atoms with E-state index >= 15 is 0 Å². The Bertz CT molecular complexity index is 231. The molecule has 1 atom stereocenters. The van der Waals surface area contributed by atoms with Crippen molar-refractivity contribution in [2.24, 2.45) is 11.8 Å². The Kier molecular flexibility index (Phi) is 8.83. The standard InChI is InChI=1S/C15H28O2/c1-6-14(10-9-12(2)3)8-7-11-17-15(16)13(4)5/h12,14H,4,6-11H2,1-3,5H3. The van der Waals surface area contributed by atoms with Gasteiger partial charge in [-0.3, -0.25) is 0 Å². The highest BCUT2D eigenvalue weighted by atomic mass is 16.5. The van der Waals surface area contributed by atoms with Crippen LogP contribution in [-0.4, -0.2) is 12.6 Å². The van der Waals surface area contributed by atoms with Crippen LogP contribution in [-0.2, 0) is 9.53 Å². The van der Waals surface area contributed by atoms with E-state index in [0.717, 1.165) is 24.7 Å². The first kappa shape index (κ1) is 16.2. The molecular formula is C15H28O2. The molecule has 0 saturated heterocycles. The molecule has 0 fully saturated rings. The lowest BCUT2D eigenvalue weighted by Crippen LogP contribution is -2.08. The van der Waals surface area contributed by atoms with Gasteiger partial charge in [0.15, 0.2) is 0 Å². The van der Waals surface area contributed by atoms with Crippen molar-refractivity contribution in [3.8, 4) is 0 Å². The predicted octanol–water partition coefficient (Wildman–Crippen LogP) is 4.35. The van der Waals surface area contributed by atoms with Crippen LogP contribution in [0.1, 0.15) is 59.8 Å². The molecule has 0 aliphatic heterocycles. The van der Waals surface area contributed by atoms with Crippen LogP contribution in [0.5, 0.6) is 0 Å². The average molecular weight is 240 g/mol. The summed E-state index contributed by atoms with van der Waals surface area (Å²) in [5.74, 6) is 1.30. The van der Waals surface area contributed by atoms with E-state index < -0.39 is 0 Å². The summed E-state index contributed by atoms with van der Waals surface area (Å²) in [6, 6.07) is 0. The summed E-state index contributed by atoms with van der Waals surface area (Å²) in [6.45, 7) is 12.5. The summed E-state index contributed by atoms with van der Waals surface area (Å²) in [5, 5.41) is 0. The second-order valence-electron chi connectivity index (χ2n) is 5.30. The normalized spacial score (nSPS) is 12.5. The molecule has 0 N–H and O–H groups in total. The summed E-state index contributed by atoms with van der Waals surface area (Å²) in [7, 11) is 0. The predicted molar refractivity (Wildman–Crippen MR) is 72.9 cm³/mol. The van der Waals surface area contributed by atoms with E-state index in [0.29, 0.717) is 12.2 Å². The molecule has 0 bridgehead atoms. The average Bonchev–Trinajstić information content (AvgIpc) is 2.27. The quantitative estimate of drug-likeness (QED) is 0.340. The fraction of sp³-hybridized carbons (Fsp3) is 0.800. The molecule has 0 spiro atoms. The molecule has 0 aromatic rings. The number of hydrogen-bond donors (Lipinski definition) is 0. The van der Waals surface area contributed by atoms with Gasteiger partial charge in [0.1, 0.15) is 0 Å². The second kappa shape index (κ2) is 9.26. The Hall–Kier alpha value is -0.790. The van der Waals surface area contributed by atoms with Crippen LogP contribution in [0.4, 0.5) is 0 Å². The van der Waals surface area contributed by atoms with E-state index in [4.69, 9.17) is 4.74 Å². The molecule has 2 nitrogen and oxygen atoms in total. The van der Waals surface area contributed by atoms with Gasteiger partial charge in [0.2, 0.25) is 0 Å². The molecule has 0 aliphatic rings. The Morgan fingerprint density at radius 3 is 2.35 bits per heavy atom. The lowest BCUT2D eigenvalue weighted by molar-refractivity contribution is -0.139. The van der Waals surface area contributed by atoms with E-state index in [-0.39, 0.29) is 5.97 Å². The Labute approximate surface area is 106 Å². The molecule has 2 heteroatoms. The third-order valence-electron chi connectivity index (χ3n) is 3.07. The van der Waals surface area contributed by atoms with Crippen LogP contribution in [0.25, 0.3) is 0 Å². The van der Waals surface area contributed by atoms with Gasteiger partial charge in [-0.25, -0.2) is 4.79 Å². The first-order valence-corrected chi connectivity index (χ1v) is 6.80. The SMILES string of the molecule is C=C(C)C(=O)OCCCC(CC)CCC(C)C. The molecule has 0 saturated carbocycles. The maximum atomic E-state index is 11.2. The van der Waals surface area contributed by atoms with Crippen LogP contribution >= 0.6 is 0 Å². The second-order valence-corrected chi connectivity index (χ2v) is 5.30. The molecular weight excluding hydrogens is 212 g/mol. The highest BCUT2D eigenvalue weighted by Gasteiger charge is 2.08. The Balaban J connectivity index is 3.63. The third-order valence-corrected chi connectivity index (χ3v) is 3.07. The molecule has 0 aromatic carbocycles. The Morgan fingerprint density at radius 2 is 1.88 bits per heavy atom. The van der Waals surface area contributed by atoms with Gasteiger partial charge in [0.25, 0.3) is 0 Å². The topological polar surface area (TPSA) is 26.3 Å². The molecule has 0 rings (SSSR count). The fourth-order valence-corrected chi connectivity index (χ4v) is 1.78. The first-order valence-electron chi connectivity index (χ1n) is 6.80. The largest absolute Gasteiger partial charge is 0.462 e. The minimum Gasteiger partial charge on any atom is -0.462 e. The molecule has 0 heterocycles. The highest BCUT2D eigenvalue weighted by molar-refractivity contribution is 5.86. The van der Waals surface area contributed by atoms with E-state index in [1.807, 2.05) is 0 Å². The molecule has 100 valence electrons. The molecule has 0 amide bonds. The zero-order valence-corrected chi connectivity index (χ0v) is 11.9. The summed E-state index contributed by atoms with van der Waals surface area (Å²) in [5.41, 5.74) is 0.483. The highest BCUT2D eigenvalue weighted by Crippen LogP contribution is 2.20. The molecule has 1 unspecified atom stereocenters. The monoisotopic (exact) mass is 240 g/mol. The zero-order chi connectivity index (χ0) is 13.3. The minimum atomic E-state index is -0.264. The number of ether oxygens (including phenoxy) is 1. The van der Waals surface area contributed by atoms with Gasteiger partial charge >= 0.3 is 5.97 Å². The maximum Gasteiger partial charge on any atom is 0.333 e. The van der Waals surface area contributed by atoms with Crippen LogP contribution < -0.4 is 0 Å². The van der Waals surface area contributed by atoms with Crippen molar-refractivity contribution in [1.82, 2.24) is 0 Å².